The van der Waals surface area contributed by atoms with Crippen molar-refractivity contribution in [2.75, 3.05) is 0 Å². The van der Waals surface area contributed by atoms with Gasteiger partial charge < -0.3 is 4.74 Å². The fraction of sp³-hybridized carbons (Fsp3) is 0.333. The molecule has 0 heterocycles. The number of rotatable bonds is 4. The molecule has 0 atom stereocenters. The molecule has 0 aromatic heterocycles. The molecule has 0 N–H and O–H groups in total. The van der Waals surface area contributed by atoms with Gasteiger partial charge in [-0.3, -0.25) is 0 Å². The topological polar surface area (TPSA) is 9.23 Å². The van der Waals surface area contributed by atoms with Crippen LogP contribution < -0.4 is 4.74 Å². The number of hydrogen-bond donors (Lipinski definition) is 0. The van der Waals surface area contributed by atoms with Gasteiger partial charge in [-0.1, -0.05) is 12.1 Å². The minimum Gasteiger partial charge on any atom is -0.426 e. The molecule has 1 rings (SSSR count). The lowest BCUT2D eigenvalue weighted by Crippen LogP contribution is -2.41. The van der Waals surface area contributed by atoms with Crippen molar-refractivity contribution in [3.05, 3.63) is 29.8 Å². The van der Waals surface area contributed by atoms with Crippen LogP contribution in [0.4, 0.5) is 22.0 Å². The molecule has 9 heteroatoms. The Labute approximate surface area is 110 Å². The summed E-state index contributed by atoms with van der Waals surface area (Å²) in [6, 6.07) is 5.12. The minimum absolute atomic E-state index is 0.248. The molecule has 0 aliphatic heterocycles. The Morgan fingerprint density at radius 3 is 2.22 bits per heavy atom. The van der Waals surface area contributed by atoms with E-state index in [4.69, 9.17) is 22.2 Å². The van der Waals surface area contributed by atoms with E-state index in [1.54, 1.807) is 0 Å². The van der Waals surface area contributed by atoms with Gasteiger partial charge in [0.2, 0.25) is 7.42 Å². The van der Waals surface area contributed by atoms with E-state index < -0.39 is 25.5 Å². The molecule has 0 amide bonds. The third-order valence-corrected chi connectivity index (χ3v) is 3.57. The summed E-state index contributed by atoms with van der Waals surface area (Å²) in [5.41, 5.74) is 0.451. The first-order valence-corrected chi connectivity index (χ1v) is 8.93. The van der Waals surface area contributed by atoms with E-state index in [1.165, 1.54) is 12.1 Å². The lowest BCUT2D eigenvalue weighted by atomic mass is 10.2. The summed E-state index contributed by atoms with van der Waals surface area (Å²) in [6.07, 6.45) is -11.0. The highest BCUT2D eigenvalue weighted by Crippen LogP contribution is 2.37. The molecule has 0 fully saturated rings. The Morgan fingerprint density at radius 1 is 1.11 bits per heavy atom. The SMILES string of the molecule is FC(F)(F)C(F)(F)Oc1cccc(C[SiH](Cl)Cl)c1. The van der Waals surface area contributed by atoms with Crippen LogP contribution in [0.15, 0.2) is 24.3 Å². The van der Waals surface area contributed by atoms with Gasteiger partial charge in [0.15, 0.2) is 0 Å². The molecule has 1 aromatic rings. The summed E-state index contributed by atoms with van der Waals surface area (Å²) in [5.74, 6) is -0.585. The molecule has 1 aromatic carbocycles. The molecule has 0 radical (unpaired) electrons. The highest BCUT2D eigenvalue weighted by molar-refractivity contribution is 7.33. The van der Waals surface area contributed by atoms with E-state index in [-0.39, 0.29) is 6.04 Å². The smallest absolute Gasteiger partial charge is 0.426 e. The largest absolute Gasteiger partial charge is 0.499 e. The van der Waals surface area contributed by atoms with Crippen LogP contribution in [-0.2, 0) is 6.04 Å². The first kappa shape index (κ1) is 15.5. The second-order valence-corrected chi connectivity index (χ2v) is 8.38. The van der Waals surface area contributed by atoms with Crippen molar-refractivity contribution in [1.29, 1.82) is 0 Å². The fourth-order valence-corrected chi connectivity index (χ4v) is 2.80. The molecular formula is C9H7Cl2F5OSi. The molecule has 0 unspecified atom stereocenters. The van der Waals surface area contributed by atoms with Gasteiger partial charge >= 0.3 is 12.3 Å². The molecule has 0 spiro atoms. The zero-order chi connectivity index (χ0) is 14.0. The zero-order valence-electron chi connectivity index (χ0n) is 8.65. The van der Waals surface area contributed by atoms with Crippen LogP contribution in [0.25, 0.3) is 0 Å². The Morgan fingerprint density at radius 2 is 1.72 bits per heavy atom. The summed E-state index contributed by atoms with van der Waals surface area (Å²) >= 11 is 11.2. The molecule has 1 nitrogen and oxygen atoms in total. The normalized spacial score (nSPS) is 12.9. The van der Waals surface area contributed by atoms with Gasteiger partial charge in [0.25, 0.3) is 0 Å². The van der Waals surface area contributed by atoms with E-state index in [0.717, 1.165) is 12.1 Å². The van der Waals surface area contributed by atoms with E-state index in [9.17, 15) is 22.0 Å². The molecular weight excluding hydrogens is 318 g/mol. The summed E-state index contributed by atoms with van der Waals surface area (Å²) < 4.78 is 64.7. The van der Waals surface area contributed by atoms with Crippen molar-refractivity contribution in [1.82, 2.24) is 0 Å². The van der Waals surface area contributed by atoms with E-state index in [2.05, 4.69) is 4.74 Å². The van der Waals surface area contributed by atoms with E-state index in [0.29, 0.717) is 5.56 Å². The van der Waals surface area contributed by atoms with Crippen LogP contribution in [0.3, 0.4) is 0 Å². The Kier molecular flexibility index (Phi) is 4.85. The summed E-state index contributed by atoms with van der Waals surface area (Å²) in [6.45, 7) is 0. The third-order valence-electron chi connectivity index (χ3n) is 1.86. The Balaban J connectivity index is 2.85. The Bertz CT molecular complexity index is 410. The monoisotopic (exact) mass is 324 g/mol. The molecule has 0 aliphatic carbocycles. The van der Waals surface area contributed by atoms with Crippen LogP contribution in [0.1, 0.15) is 5.56 Å². The Hall–Kier alpha value is -0.533. The van der Waals surface area contributed by atoms with Crippen molar-refractivity contribution in [3.8, 4) is 5.75 Å². The lowest BCUT2D eigenvalue weighted by molar-refractivity contribution is -0.360. The third kappa shape index (κ3) is 4.29. The zero-order valence-corrected chi connectivity index (χ0v) is 11.3. The molecule has 0 saturated heterocycles. The summed E-state index contributed by atoms with van der Waals surface area (Å²) in [5, 5.41) is 0. The van der Waals surface area contributed by atoms with E-state index >= 15 is 0 Å². The minimum atomic E-state index is -5.76. The molecule has 0 bridgehead atoms. The average molecular weight is 325 g/mol. The van der Waals surface area contributed by atoms with Crippen molar-refractivity contribution in [3.63, 3.8) is 0 Å². The van der Waals surface area contributed by atoms with Gasteiger partial charge in [-0.15, -0.1) is 22.2 Å². The number of alkyl halides is 5. The van der Waals surface area contributed by atoms with Crippen LogP contribution in [0.5, 0.6) is 5.75 Å². The average Bonchev–Trinajstić information content (AvgIpc) is 2.14. The van der Waals surface area contributed by atoms with Gasteiger partial charge in [-0.05, 0) is 23.7 Å². The maximum absolute atomic E-state index is 12.6. The standard InChI is InChI=1S/C9H7Cl2F5OSi/c10-18(11)5-6-2-1-3-7(4-6)17-9(15,16)8(12,13)14/h1-4,18H,5H2. The maximum atomic E-state index is 12.6. The van der Waals surface area contributed by atoms with Crippen LogP contribution >= 0.6 is 22.2 Å². The van der Waals surface area contributed by atoms with Crippen molar-refractivity contribution in [2.45, 2.75) is 18.3 Å². The van der Waals surface area contributed by atoms with Gasteiger partial charge in [0, 0.05) is 0 Å². The quantitative estimate of drug-likeness (QED) is 0.462. The summed E-state index contributed by atoms with van der Waals surface area (Å²) in [7, 11) is -2.03. The van der Waals surface area contributed by atoms with Crippen LogP contribution in [-0.4, -0.2) is 19.7 Å². The van der Waals surface area contributed by atoms with Crippen molar-refractivity contribution in [2.24, 2.45) is 0 Å². The molecule has 0 saturated carbocycles. The second kappa shape index (κ2) is 5.62. The van der Waals surface area contributed by atoms with Gasteiger partial charge in [-0.2, -0.15) is 22.0 Å². The highest BCUT2D eigenvalue weighted by Gasteiger charge is 2.61. The van der Waals surface area contributed by atoms with E-state index in [1.807, 2.05) is 0 Å². The first-order chi connectivity index (χ1) is 8.12. The van der Waals surface area contributed by atoms with Crippen molar-refractivity contribution >= 4 is 29.6 Å². The van der Waals surface area contributed by atoms with Crippen LogP contribution in [0.2, 0.25) is 0 Å². The number of ether oxygens (including phenoxy) is 1. The maximum Gasteiger partial charge on any atom is 0.499 e. The number of benzene rings is 1. The van der Waals surface area contributed by atoms with Crippen LogP contribution in [0, 0.1) is 0 Å². The predicted molar refractivity (Wildman–Crippen MR) is 60.6 cm³/mol. The molecule has 102 valence electrons. The van der Waals surface area contributed by atoms with Gasteiger partial charge in [-0.25, -0.2) is 0 Å². The lowest BCUT2D eigenvalue weighted by Gasteiger charge is -2.20. The van der Waals surface area contributed by atoms with Crippen molar-refractivity contribution < 1.29 is 26.7 Å². The van der Waals surface area contributed by atoms with Gasteiger partial charge in [0.05, 0.1) is 0 Å². The van der Waals surface area contributed by atoms with Gasteiger partial charge in [0.1, 0.15) is 5.75 Å². The molecule has 18 heavy (non-hydrogen) atoms. The highest BCUT2D eigenvalue weighted by atomic mass is 35.7. The summed E-state index contributed by atoms with van der Waals surface area (Å²) in [4.78, 5) is 0. The predicted octanol–water partition coefficient (Wildman–Crippen LogP) is 4.00. The molecule has 0 aliphatic rings. The number of halogens is 7. The number of hydrogen-bond acceptors (Lipinski definition) is 1. The second-order valence-electron chi connectivity index (χ2n) is 3.36. The fourth-order valence-electron chi connectivity index (χ4n) is 1.12. The first-order valence-electron chi connectivity index (χ1n) is 4.62.